The normalized spacial score (nSPS) is 14.2. The zero-order valence-corrected chi connectivity index (χ0v) is 12.2. The predicted molar refractivity (Wildman–Crippen MR) is 77.1 cm³/mol. The average Bonchev–Trinajstić information content (AvgIpc) is 2.97. The lowest BCUT2D eigenvalue weighted by molar-refractivity contribution is -0.0106. The number of benzene rings is 1. The van der Waals surface area contributed by atoms with Gasteiger partial charge < -0.3 is 15.0 Å². The number of methoxy groups -OCH3 is 1. The predicted octanol–water partition coefficient (Wildman–Crippen LogP) is 2.51. The topological polar surface area (TPSA) is 74.2 Å². The van der Waals surface area contributed by atoms with E-state index >= 15 is 0 Å². The minimum Gasteiger partial charge on any atom is -0.370 e. The zero-order chi connectivity index (χ0) is 14.6. The van der Waals surface area contributed by atoms with E-state index < -0.39 is 5.60 Å². The number of ether oxygens (including phenoxy) is 1. The van der Waals surface area contributed by atoms with Crippen LogP contribution in [0.25, 0.3) is 11.5 Å². The molecule has 0 radical (unpaired) electrons. The summed E-state index contributed by atoms with van der Waals surface area (Å²) in [5, 5.41) is 4.05. The molecule has 0 saturated heterocycles. The molecule has 0 bridgehead atoms. The van der Waals surface area contributed by atoms with E-state index in [1.165, 1.54) is 0 Å². The number of aromatic nitrogens is 2. The molecule has 5 heteroatoms. The van der Waals surface area contributed by atoms with Gasteiger partial charge in [-0.25, -0.2) is 0 Å². The minimum absolute atomic E-state index is 0.510. The second kappa shape index (κ2) is 6.15. The summed E-state index contributed by atoms with van der Waals surface area (Å²) in [6.45, 7) is 4.60. The first-order chi connectivity index (χ1) is 9.62. The van der Waals surface area contributed by atoms with Gasteiger partial charge in [0.1, 0.15) is 5.60 Å². The molecule has 20 heavy (non-hydrogen) atoms. The first-order valence-electron chi connectivity index (χ1n) is 6.81. The van der Waals surface area contributed by atoms with Crippen molar-refractivity contribution in [2.24, 2.45) is 5.73 Å². The van der Waals surface area contributed by atoms with Gasteiger partial charge in [0, 0.05) is 12.7 Å². The number of nitrogens with zero attached hydrogens (tertiary/aromatic N) is 2. The van der Waals surface area contributed by atoms with Crippen molar-refractivity contribution in [3.05, 3.63) is 35.7 Å². The molecule has 0 aliphatic rings. The van der Waals surface area contributed by atoms with Crippen molar-refractivity contribution >= 4 is 0 Å². The molecule has 1 unspecified atom stereocenters. The summed E-state index contributed by atoms with van der Waals surface area (Å²) >= 11 is 0. The van der Waals surface area contributed by atoms with Gasteiger partial charge in [-0.1, -0.05) is 24.2 Å². The SMILES string of the molecule is CCC(C)(OC)c1noc(-c2cccc(CCN)c2)n1. The van der Waals surface area contributed by atoms with Crippen LogP contribution in [0.3, 0.4) is 0 Å². The van der Waals surface area contributed by atoms with Crippen LogP contribution in [0.4, 0.5) is 0 Å². The maximum absolute atomic E-state index is 5.58. The molecular formula is C15H21N3O2. The van der Waals surface area contributed by atoms with Gasteiger partial charge in [0.05, 0.1) is 0 Å². The van der Waals surface area contributed by atoms with Gasteiger partial charge in [-0.2, -0.15) is 4.98 Å². The van der Waals surface area contributed by atoms with Gasteiger partial charge in [-0.15, -0.1) is 0 Å². The third-order valence-electron chi connectivity index (χ3n) is 3.63. The van der Waals surface area contributed by atoms with Crippen LogP contribution in [0, 0.1) is 0 Å². The van der Waals surface area contributed by atoms with Crippen LogP contribution >= 0.6 is 0 Å². The molecule has 0 spiro atoms. The molecule has 0 fully saturated rings. The van der Waals surface area contributed by atoms with Crippen molar-refractivity contribution in [3.8, 4) is 11.5 Å². The number of nitrogens with two attached hydrogens (primary N) is 1. The summed E-state index contributed by atoms with van der Waals surface area (Å²) in [6, 6.07) is 7.99. The number of hydrogen-bond acceptors (Lipinski definition) is 5. The third-order valence-corrected chi connectivity index (χ3v) is 3.63. The highest BCUT2D eigenvalue weighted by Crippen LogP contribution is 2.28. The average molecular weight is 275 g/mol. The lowest BCUT2D eigenvalue weighted by atomic mass is 10.0. The van der Waals surface area contributed by atoms with Gasteiger partial charge in [-0.05, 0) is 44.0 Å². The number of hydrogen-bond donors (Lipinski definition) is 1. The van der Waals surface area contributed by atoms with Crippen molar-refractivity contribution in [3.63, 3.8) is 0 Å². The molecule has 1 aromatic carbocycles. The number of rotatable bonds is 6. The van der Waals surface area contributed by atoms with Gasteiger partial charge in [-0.3, -0.25) is 0 Å². The van der Waals surface area contributed by atoms with Crippen LogP contribution in [0.15, 0.2) is 28.8 Å². The van der Waals surface area contributed by atoms with E-state index in [-0.39, 0.29) is 0 Å². The summed E-state index contributed by atoms with van der Waals surface area (Å²) < 4.78 is 10.8. The van der Waals surface area contributed by atoms with Crippen LogP contribution in [0.5, 0.6) is 0 Å². The van der Waals surface area contributed by atoms with E-state index in [4.69, 9.17) is 15.0 Å². The minimum atomic E-state index is -0.517. The van der Waals surface area contributed by atoms with Gasteiger partial charge >= 0.3 is 0 Å². The Morgan fingerprint density at radius 1 is 1.40 bits per heavy atom. The fraction of sp³-hybridized carbons (Fsp3) is 0.467. The standard InChI is InChI=1S/C15H21N3O2/c1-4-15(2,19-3)14-17-13(20-18-14)12-7-5-6-11(10-12)8-9-16/h5-7,10H,4,8-9,16H2,1-3H3. The molecule has 0 saturated carbocycles. The highest BCUT2D eigenvalue weighted by atomic mass is 16.5. The summed E-state index contributed by atoms with van der Waals surface area (Å²) in [7, 11) is 1.65. The monoisotopic (exact) mass is 275 g/mol. The molecule has 5 nitrogen and oxygen atoms in total. The molecular weight excluding hydrogens is 254 g/mol. The summed E-state index contributed by atoms with van der Waals surface area (Å²) in [5.74, 6) is 1.08. The fourth-order valence-corrected chi connectivity index (χ4v) is 1.98. The third kappa shape index (κ3) is 2.89. The molecule has 2 N–H and O–H groups in total. The Morgan fingerprint density at radius 2 is 2.20 bits per heavy atom. The maximum atomic E-state index is 5.58. The molecule has 2 rings (SSSR count). The van der Waals surface area contributed by atoms with E-state index in [1.807, 2.05) is 38.1 Å². The molecule has 1 heterocycles. The smallest absolute Gasteiger partial charge is 0.258 e. The lowest BCUT2D eigenvalue weighted by Crippen LogP contribution is -2.24. The molecule has 1 aromatic heterocycles. The van der Waals surface area contributed by atoms with Crippen molar-refractivity contribution in [2.75, 3.05) is 13.7 Å². The lowest BCUT2D eigenvalue weighted by Gasteiger charge is -2.21. The van der Waals surface area contributed by atoms with Crippen LogP contribution in [0.2, 0.25) is 0 Å². The van der Waals surface area contributed by atoms with Crippen molar-refractivity contribution in [2.45, 2.75) is 32.3 Å². The van der Waals surface area contributed by atoms with E-state index in [0.29, 0.717) is 18.3 Å². The van der Waals surface area contributed by atoms with Crippen LogP contribution in [-0.4, -0.2) is 23.8 Å². The zero-order valence-electron chi connectivity index (χ0n) is 12.2. The molecule has 108 valence electrons. The summed E-state index contributed by atoms with van der Waals surface area (Å²) in [6.07, 6.45) is 1.61. The van der Waals surface area contributed by atoms with E-state index in [1.54, 1.807) is 7.11 Å². The highest BCUT2D eigenvalue weighted by Gasteiger charge is 2.30. The Morgan fingerprint density at radius 3 is 2.85 bits per heavy atom. The van der Waals surface area contributed by atoms with Gasteiger partial charge in [0.25, 0.3) is 5.89 Å². The maximum Gasteiger partial charge on any atom is 0.258 e. The fourth-order valence-electron chi connectivity index (χ4n) is 1.98. The summed E-state index contributed by atoms with van der Waals surface area (Å²) in [4.78, 5) is 4.46. The quantitative estimate of drug-likeness (QED) is 0.876. The molecule has 1 atom stereocenters. The van der Waals surface area contributed by atoms with Crippen molar-refractivity contribution in [1.82, 2.24) is 10.1 Å². The largest absolute Gasteiger partial charge is 0.370 e. The summed E-state index contributed by atoms with van der Waals surface area (Å²) in [5.41, 5.74) is 7.13. The van der Waals surface area contributed by atoms with Crippen LogP contribution in [0.1, 0.15) is 31.7 Å². The van der Waals surface area contributed by atoms with E-state index in [9.17, 15) is 0 Å². The molecule has 0 aliphatic heterocycles. The Balaban J connectivity index is 2.31. The molecule has 0 aliphatic carbocycles. The second-order valence-electron chi connectivity index (χ2n) is 4.95. The first kappa shape index (κ1) is 14.7. The van der Waals surface area contributed by atoms with Crippen LogP contribution < -0.4 is 5.73 Å². The Bertz CT molecular complexity index is 562. The van der Waals surface area contributed by atoms with E-state index in [0.717, 1.165) is 24.0 Å². The Labute approximate surface area is 119 Å². The highest BCUT2D eigenvalue weighted by molar-refractivity contribution is 5.54. The van der Waals surface area contributed by atoms with Gasteiger partial charge in [0.2, 0.25) is 5.82 Å². The second-order valence-corrected chi connectivity index (χ2v) is 4.95. The van der Waals surface area contributed by atoms with E-state index in [2.05, 4.69) is 10.1 Å². The first-order valence-corrected chi connectivity index (χ1v) is 6.81. The molecule has 0 amide bonds. The Hall–Kier alpha value is -1.72. The van der Waals surface area contributed by atoms with Crippen LogP contribution in [-0.2, 0) is 16.8 Å². The van der Waals surface area contributed by atoms with Crippen molar-refractivity contribution in [1.29, 1.82) is 0 Å². The molecule has 2 aromatic rings. The Kier molecular flexibility index (Phi) is 4.52. The van der Waals surface area contributed by atoms with Crippen molar-refractivity contribution < 1.29 is 9.26 Å². The van der Waals surface area contributed by atoms with Gasteiger partial charge in [0.15, 0.2) is 0 Å².